The fourth-order valence-electron chi connectivity index (χ4n) is 2.27. The molecule has 1 aromatic heterocycles. The Kier molecular flexibility index (Phi) is 5.39. The Morgan fingerprint density at radius 2 is 2.37 bits per heavy atom. The Labute approximate surface area is 123 Å². The van der Waals surface area contributed by atoms with E-state index in [9.17, 15) is 0 Å². The van der Waals surface area contributed by atoms with Gasteiger partial charge in [0.2, 0.25) is 5.95 Å². The molecule has 2 heterocycles. The predicted molar refractivity (Wildman–Crippen MR) is 82.7 cm³/mol. The van der Waals surface area contributed by atoms with Crippen molar-refractivity contribution in [1.82, 2.24) is 14.9 Å². The van der Waals surface area contributed by atoms with E-state index in [1.807, 2.05) is 0 Å². The van der Waals surface area contributed by atoms with E-state index in [1.54, 1.807) is 6.20 Å². The van der Waals surface area contributed by atoms with Gasteiger partial charge in [-0.15, -0.1) is 0 Å². The first-order valence-corrected chi connectivity index (χ1v) is 7.70. The lowest BCUT2D eigenvalue weighted by molar-refractivity contribution is 0.260. The van der Waals surface area contributed by atoms with Crippen molar-refractivity contribution in [2.45, 2.75) is 32.2 Å². The molecule has 2 N–H and O–H groups in total. The zero-order valence-corrected chi connectivity index (χ0v) is 13.2. The fraction of sp³-hybridized carbons (Fsp3) is 0.692. The van der Waals surface area contributed by atoms with E-state index in [1.165, 1.54) is 19.4 Å². The molecule has 6 heteroatoms. The third-order valence-corrected chi connectivity index (χ3v) is 3.82. The second-order valence-electron chi connectivity index (χ2n) is 5.06. The van der Waals surface area contributed by atoms with Gasteiger partial charge in [0.15, 0.2) is 0 Å². The molecule has 0 aromatic carbocycles. The topological polar surface area (TPSA) is 53.1 Å². The van der Waals surface area contributed by atoms with Crippen LogP contribution in [-0.4, -0.2) is 47.6 Å². The first kappa shape index (κ1) is 14.5. The van der Waals surface area contributed by atoms with Gasteiger partial charge in [0.25, 0.3) is 0 Å². The molecule has 1 aromatic rings. The summed E-state index contributed by atoms with van der Waals surface area (Å²) < 4.78 is 0.919. The Bertz CT molecular complexity index is 412. The van der Waals surface area contributed by atoms with Crippen molar-refractivity contribution in [3.8, 4) is 0 Å². The molecule has 0 spiro atoms. The van der Waals surface area contributed by atoms with E-state index in [-0.39, 0.29) is 0 Å². The lowest BCUT2D eigenvalue weighted by atomic mass is 10.1. The molecule has 0 amide bonds. The summed E-state index contributed by atoms with van der Waals surface area (Å²) in [5.41, 5.74) is 0. The maximum atomic E-state index is 4.53. The highest BCUT2D eigenvalue weighted by atomic mass is 79.9. The van der Waals surface area contributed by atoms with Gasteiger partial charge in [-0.25, -0.2) is 4.98 Å². The van der Waals surface area contributed by atoms with Gasteiger partial charge in [0, 0.05) is 25.3 Å². The summed E-state index contributed by atoms with van der Waals surface area (Å²) in [6.07, 6.45) is 5.30. The minimum Gasteiger partial charge on any atom is -0.365 e. The van der Waals surface area contributed by atoms with Crippen LogP contribution in [0.1, 0.15) is 26.2 Å². The predicted octanol–water partition coefficient (Wildman–Crippen LogP) is 2.57. The average molecular weight is 328 g/mol. The van der Waals surface area contributed by atoms with Gasteiger partial charge in [-0.2, -0.15) is 4.98 Å². The van der Waals surface area contributed by atoms with Crippen LogP contribution in [0.4, 0.5) is 11.8 Å². The van der Waals surface area contributed by atoms with Crippen molar-refractivity contribution in [1.29, 1.82) is 0 Å². The van der Waals surface area contributed by atoms with Gasteiger partial charge in [0.1, 0.15) is 5.82 Å². The number of hydrogen-bond acceptors (Lipinski definition) is 5. The van der Waals surface area contributed by atoms with Crippen LogP contribution in [0, 0.1) is 0 Å². The van der Waals surface area contributed by atoms with Crippen LogP contribution in [0.5, 0.6) is 0 Å². The monoisotopic (exact) mass is 327 g/mol. The van der Waals surface area contributed by atoms with Crippen molar-refractivity contribution in [2.24, 2.45) is 0 Å². The van der Waals surface area contributed by atoms with Gasteiger partial charge in [0.05, 0.1) is 4.47 Å². The zero-order chi connectivity index (χ0) is 13.7. The third kappa shape index (κ3) is 4.31. The van der Waals surface area contributed by atoms with Crippen molar-refractivity contribution in [3.63, 3.8) is 0 Å². The van der Waals surface area contributed by atoms with Crippen LogP contribution in [0.15, 0.2) is 10.7 Å². The van der Waals surface area contributed by atoms with E-state index in [0.29, 0.717) is 12.0 Å². The molecule has 1 saturated heterocycles. The number of rotatable bonds is 5. The molecular formula is C13H22BrN5. The molecule has 1 unspecified atom stereocenters. The Balaban J connectivity index is 2.01. The van der Waals surface area contributed by atoms with Crippen LogP contribution in [-0.2, 0) is 0 Å². The van der Waals surface area contributed by atoms with Gasteiger partial charge >= 0.3 is 0 Å². The summed E-state index contributed by atoms with van der Waals surface area (Å²) in [6, 6.07) is 0.462. The highest BCUT2D eigenvalue weighted by molar-refractivity contribution is 9.10. The molecule has 1 fully saturated rings. The lowest BCUT2D eigenvalue weighted by Gasteiger charge is -2.30. The second kappa shape index (κ2) is 7.05. The first-order chi connectivity index (χ1) is 9.19. The molecule has 1 aliphatic heterocycles. The average Bonchev–Trinajstić information content (AvgIpc) is 2.40. The van der Waals surface area contributed by atoms with Crippen LogP contribution >= 0.6 is 15.9 Å². The van der Waals surface area contributed by atoms with Crippen molar-refractivity contribution >= 4 is 27.7 Å². The molecule has 0 radical (unpaired) electrons. The number of nitrogens with zero attached hydrogens (tertiary/aromatic N) is 3. The molecule has 0 aliphatic carbocycles. The van der Waals surface area contributed by atoms with Crippen molar-refractivity contribution < 1.29 is 0 Å². The number of hydrogen-bond donors (Lipinski definition) is 2. The fourth-order valence-corrected chi connectivity index (χ4v) is 2.57. The number of aromatic nitrogens is 2. The van der Waals surface area contributed by atoms with E-state index in [2.05, 4.69) is 55.4 Å². The first-order valence-electron chi connectivity index (χ1n) is 6.90. The molecule has 1 atom stereocenters. The summed E-state index contributed by atoms with van der Waals surface area (Å²) in [4.78, 5) is 11.1. The maximum Gasteiger partial charge on any atom is 0.224 e. The minimum atomic E-state index is 0.462. The van der Waals surface area contributed by atoms with E-state index in [4.69, 9.17) is 0 Å². The molecule has 1 aliphatic rings. The molecule has 19 heavy (non-hydrogen) atoms. The summed E-state index contributed by atoms with van der Waals surface area (Å²) in [7, 11) is 2.16. The summed E-state index contributed by atoms with van der Waals surface area (Å²) in [5.74, 6) is 1.57. The molecule has 2 rings (SSSR count). The van der Waals surface area contributed by atoms with Gasteiger partial charge in [-0.1, -0.05) is 6.92 Å². The summed E-state index contributed by atoms with van der Waals surface area (Å²) in [5, 5.41) is 6.73. The summed E-state index contributed by atoms with van der Waals surface area (Å²) in [6.45, 7) is 5.27. The highest BCUT2D eigenvalue weighted by Gasteiger charge is 2.18. The van der Waals surface area contributed by atoms with Crippen molar-refractivity contribution in [2.75, 3.05) is 37.3 Å². The number of likely N-dealkylation sites (tertiary alicyclic amines) is 1. The van der Waals surface area contributed by atoms with Gasteiger partial charge in [-0.05, 0) is 48.8 Å². The Hall–Kier alpha value is -0.880. The standard InChI is InChI=1S/C13H22BrN5/c1-3-6-15-13-16-8-11(14)12(18-13)17-10-5-4-7-19(2)9-10/h8,10H,3-7,9H2,1-2H3,(H2,15,16,17,18). The highest BCUT2D eigenvalue weighted by Crippen LogP contribution is 2.22. The SMILES string of the molecule is CCCNc1ncc(Br)c(NC2CCCN(C)C2)n1. The van der Waals surface area contributed by atoms with Crippen molar-refractivity contribution in [3.05, 3.63) is 10.7 Å². The van der Waals surface area contributed by atoms with Crippen LogP contribution in [0.3, 0.4) is 0 Å². The number of halogens is 1. The quantitative estimate of drug-likeness (QED) is 0.870. The normalized spacial score (nSPS) is 20.3. The molecule has 5 nitrogen and oxygen atoms in total. The van der Waals surface area contributed by atoms with E-state index < -0.39 is 0 Å². The third-order valence-electron chi connectivity index (χ3n) is 3.24. The largest absolute Gasteiger partial charge is 0.365 e. The number of nitrogens with one attached hydrogen (secondary N) is 2. The lowest BCUT2D eigenvalue weighted by Crippen LogP contribution is -2.40. The zero-order valence-electron chi connectivity index (χ0n) is 11.6. The van der Waals surface area contributed by atoms with Crippen LogP contribution in [0.25, 0.3) is 0 Å². The Morgan fingerprint density at radius 3 is 3.11 bits per heavy atom. The van der Waals surface area contributed by atoms with E-state index >= 15 is 0 Å². The molecular weight excluding hydrogens is 306 g/mol. The van der Waals surface area contributed by atoms with Crippen LogP contribution in [0.2, 0.25) is 0 Å². The van der Waals surface area contributed by atoms with E-state index in [0.717, 1.165) is 29.8 Å². The number of anilines is 2. The van der Waals surface area contributed by atoms with Gasteiger partial charge < -0.3 is 15.5 Å². The minimum absolute atomic E-state index is 0.462. The smallest absolute Gasteiger partial charge is 0.224 e. The van der Waals surface area contributed by atoms with Crippen LogP contribution < -0.4 is 10.6 Å². The number of likely N-dealkylation sites (N-methyl/N-ethyl adjacent to an activating group) is 1. The summed E-state index contributed by atoms with van der Waals surface area (Å²) >= 11 is 3.51. The second-order valence-corrected chi connectivity index (χ2v) is 5.92. The Morgan fingerprint density at radius 1 is 1.53 bits per heavy atom. The molecule has 0 bridgehead atoms. The van der Waals surface area contributed by atoms with Gasteiger partial charge in [-0.3, -0.25) is 0 Å². The number of piperidine rings is 1. The molecule has 106 valence electrons. The maximum absolute atomic E-state index is 4.53. The molecule has 0 saturated carbocycles.